The van der Waals surface area contributed by atoms with Gasteiger partial charge >= 0.3 is 0 Å². The van der Waals surface area contributed by atoms with Crippen molar-refractivity contribution in [2.75, 3.05) is 12.3 Å². The van der Waals surface area contributed by atoms with Crippen LogP contribution in [0.1, 0.15) is 12.8 Å². The standard InChI is InChI=1S/C26H25N5O2/c1-2-23(32)22-9-6-14-30(22)17-31-15-21(24-25(27)28-16-29-26(24)31)18-10-12-20(13-11-18)33-19-7-4-3-5-8-19/h2-5,7-8,10-13,15-16,22H,1,6,9,14,17H2,(H2,27,28,29). The highest BCUT2D eigenvalue weighted by molar-refractivity contribution is 6.00. The second-order valence-corrected chi connectivity index (χ2v) is 8.13. The number of carbonyl (C=O) groups excluding carboxylic acids is 1. The van der Waals surface area contributed by atoms with Gasteiger partial charge in [-0.15, -0.1) is 0 Å². The Morgan fingerprint density at radius 3 is 2.64 bits per heavy atom. The molecule has 2 N–H and O–H groups in total. The molecule has 2 aromatic carbocycles. The number of anilines is 1. The molecule has 1 atom stereocenters. The molecule has 2 aromatic heterocycles. The van der Waals surface area contributed by atoms with E-state index in [1.54, 1.807) is 0 Å². The zero-order chi connectivity index (χ0) is 22.8. The van der Waals surface area contributed by atoms with Gasteiger partial charge in [0, 0.05) is 18.3 Å². The molecule has 0 aliphatic carbocycles. The number of aromatic nitrogens is 3. The van der Waals surface area contributed by atoms with Crippen LogP contribution in [0, 0.1) is 0 Å². The van der Waals surface area contributed by atoms with Crippen LogP contribution >= 0.6 is 0 Å². The summed E-state index contributed by atoms with van der Waals surface area (Å²) in [6.07, 6.45) is 6.76. The predicted molar refractivity (Wildman–Crippen MR) is 129 cm³/mol. The summed E-state index contributed by atoms with van der Waals surface area (Å²) in [7, 11) is 0. The van der Waals surface area contributed by atoms with Gasteiger partial charge in [-0.1, -0.05) is 36.9 Å². The smallest absolute Gasteiger partial charge is 0.172 e. The lowest BCUT2D eigenvalue weighted by molar-refractivity contribution is -0.119. The largest absolute Gasteiger partial charge is 0.457 e. The van der Waals surface area contributed by atoms with Gasteiger partial charge in [0.1, 0.15) is 29.3 Å². The maximum absolute atomic E-state index is 12.3. The van der Waals surface area contributed by atoms with Crippen molar-refractivity contribution in [1.29, 1.82) is 0 Å². The van der Waals surface area contributed by atoms with Gasteiger partial charge in [-0.2, -0.15) is 0 Å². The topological polar surface area (TPSA) is 86.3 Å². The number of ether oxygens (including phenoxy) is 1. The quantitative estimate of drug-likeness (QED) is 0.422. The Morgan fingerprint density at radius 2 is 1.88 bits per heavy atom. The van der Waals surface area contributed by atoms with E-state index in [0.717, 1.165) is 53.0 Å². The summed E-state index contributed by atoms with van der Waals surface area (Å²) < 4.78 is 7.97. The maximum atomic E-state index is 12.3. The summed E-state index contributed by atoms with van der Waals surface area (Å²) in [4.78, 5) is 23.2. The van der Waals surface area contributed by atoms with Crippen molar-refractivity contribution >= 4 is 22.6 Å². The Hall–Kier alpha value is -3.97. The van der Waals surface area contributed by atoms with Crippen LogP contribution in [-0.4, -0.2) is 37.8 Å². The minimum absolute atomic E-state index is 0.0623. The van der Waals surface area contributed by atoms with Crippen LogP contribution < -0.4 is 10.5 Å². The molecule has 7 nitrogen and oxygen atoms in total. The SMILES string of the molecule is C=CC(=O)C1CCCN1Cn1cc(-c2ccc(Oc3ccccc3)cc2)c2c(N)ncnc21. The summed E-state index contributed by atoms with van der Waals surface area (Å²) in [5.74, 6) is 2.03. The fourth-order valence-electron chi connectivity index (χ4n) is 4.45. The van der Waals surface area contributed by atoms with Crippen LogP contribution in [0.5, 0.6) is 11.5 Å². The number of carbonyl (C=O) groups is 1. The van der Waals surface area contributed by atoms with E-state index in [9.17, 15) is 4.79 Å². The average Bonchev–Trinajstić information content (AvgIpc) is 3.46. The van der Waals surface area contributed by atoms with E-state index in [-0.39, 0.29) is 11.8 Å². The van der Waals surface area contributed by atoms with E-state index in [1.165, 1.54) is 12.4 Å². The van der Waals surface area contributed by atoms with E-state index in [2.05, 4.69) is 21.4 Å². The number of rotatable bonds is 7. The van der Waals surface area contributed by atoms with Crippen LogP contribution in [-0.2, 0) is 11.5 Å². The summed E-state index contributed by atoms with van der Waals surface area (Å²) >= 11 is 0. The normalized spacial score (nSPS) is 16.2. The molecular weight excluding hydrogens is 414 g/mol. The zero-order valence-electron chi connectivity index (χ0n) is 18.2. The molecule has 4 aromatic rings. The number of hydrogen-bond acceptors (Lipinski definition) is 6. The highest BCUT2D eigenvalue weighted by Crippen LogP contribution is 2.34. The van der Waals surface area contributed by atoms with Gasteiger partial charge in [-0.3, -0.25) is 9.69 Å². The number of hydrogen-bond donors (Lipinski definition) is 1. The lowest BCUT2D eigenvalue weighted by Gasteiger charge is -2.23. The lowest BCUT2D eigenvalue weighted by atomic mass is 10.1. The third-order valence-electron chi connectivity index (χ3n) is 6.05. The molecule has 3 heterocycles. The van der Waals surface area contributed by atoms with Gasteiger partial charge in [0.15, 0.2) is 5.78 Å². The highest BCUT2D eigenvalue weighted by atomic mass is 16.5. The number of benzene rings is 2. The Kier molecular flexibility index (Phi) is 5.62. The summed E-state index contributed by atoms with van der Waals surface area (Å²) in [6, 6.07) is 17.4. The second kappa shape index (κ2) is 8.88. The second-order valence-electron chi connectivity index (χ2n) is 8.13. The van der Waals surface area contributed by atoms with Crippen molar-refractivity contribution < 1.29 is 9.53 Å². The first kappa shape index (κ1) is 20.9. The van der Waals surface area contributed by atoms with Crippen LogP contribution in [0.25, 0.3) is 22.2 Å². The lowest BCUT2D eigenvalue weighted by Crippen LogP contribution is -2.36. The van der Waals surface area contributed by atoms with E-state index in [0.29, 0.717) is 12.5 Å². The molecule has 0 amide bonds. The predicted octanol–water partition coefficient (Wildman–Crippen LogP) is 4.65. The summed E-state index contributed by atoms with van der Waals surface area (Å²) in [6.45, 7) is 5.06. The average molecular weight is 440 g/mol. The summed E-state index contributed by atoms with van der Waals surface area (Å²) in [5, 5.41) is 0.806. The van der Waals surface area contributed by atoms with Gasteiger partial charge in [-0.05, 0) is 48.7 Å². The molecule has 33 heavy (non-hydrogen) atoms. The van der Waals surface area contributed by atoms with Crippen LogP contribution in [0.4, 0.5) is 5.82 Å². The fourth-order valence-corrected chi connectivity index (χ4v) is 4.45. The first-order valence-electron chi connectivity index (χ1n) is 11.0. The van der Waals surface area contributed by atoms with E-state index in [4.69, 9.17) is 10.5 Å². The minimum atomic E-state index is -0.142. The molecule has 0 saturated carbocycles. The molecule has 1 aliphatic heterocycles. The number of nitrogens with two attached hydrogens (primary N) is 1. The molecule has 166 valence electrons. The third kappa shape index (κ3) is 4.10. The maximum Gasteiger partial charge on any atom is 0.172 e. The van der Waals surface area contributed by atoms with Gasteiger partial charge in [-0.25, -0.2) is 9.97 Å². The molecule has 7 heteroatoms. The monoisotopic (exact) mass is 439 g/mol. The number of nitrogen functional groups attached to an aromatic ring is 1. The van der Waals surface area contributed by atoms with E-state index < -0.39 is 0 Å². The van der Waals surface area contributed by atoms with Gasteiger partial charge in [0.2, 0.25) is 0 Å². The fraction of sp³-hybridized carbons (Fsp3) is 0.192. The number of fused-ring (bicyclic) bond motifs is 1. The van der Waals surface area contributed by atoms with Crippen LogP contribution in [0.2, 0.25) is 0 Å². The van der Waals surface area contributed by atoms with Crippen molar-refractivity contribution in [3.8, 4) is 22.6 Å². The first-order valence-corrected chi connectivity index (χ1v) is 11.0. The minimum Gasteiger partial charge on any atom is -0.457 e. The molecule has 1 aliphatic rings. The van der Waals surface area contributed by atoms with Crippen molar-refractivity contribution in [2.24, 2.45) is 0 Å². The number of ketones is 1. The van der Waals surface area contributed by atoms with E-state index >= 15 is 0 Å². The Bertz CT molecular complexity index is 1300. The van der Waals surface area contributed by atoms with E-state index in [1.807, 2.05) is 65.4 Å². The third-order valence-corrected chi connectivity index (χ3v) is 6.05. The van der Waals surface area contributed by atoms with Crippen molar-refractivity contribution in [3.63, 3.8) is 0 Å². The Labute approximate surface area is 192 Å². The zero-order valence-corrected chi connectivity index (χ0v) is 18.2. The first-order chi connectivity index (χ1) is 16.1. The van der Waals surface area contributed by atoms with Crippen LogP contribution in [0.15, 0.2) is 79.8 Å². The number of nitrogens with zero attached hydrogens (tertiary/aromatic N) is 4. The summed E-state index contributed by atoms with van der Waals surface area (Å²) in [5.41, 5.74) is 8.96. The van der Waals surface area contributed by atoms with Gasteiger partial charge in [0.05, 0.1) is 18.1 Å². The van der Waals surface area contributed by atoms with Gasteiger partial charge in [0.25, 0.3) is 0 Å². The molecule has 0 spiro atoms. The highest BCUT2D eigenvalue weighted by Gasteiger charge is 2.29. The Morgan fingerprint density at radius 1 is 1.12 bits per heavy atom. The van der Waals surface area contributed by atoms with Crippen molar-refractivity contribution in [1.82, 2.24) is 19.4 Å². The molecule has 0 radical (unpaired) electrons. The molecule has 1 fully saturated rings. The molecule has 1 saturated heterocycles. The molecular formula is C26H25N5O2. The molecule has 1 unspecified atom stereocenters. The van der Waals surface area contributed by atoms with Crippen LogP contribution in [0.3, 0.4) is 0 Å². The van der Waals surface area contributed by atoms with Gasteiger partial charge < -0.3 is 15.0 Å². The Balaban J connectivity index is 1.47. The molecule has 5 rings (SSSR count). The number of likely N-dealkylation sites (tertiary alicyclic amines) is 1. The molecule has 0 bridgehead atoms. The number of para-hydroxylation sites is 1. The van der Waals surface area contributed by atoms with Crippen molar-refractivity contribution in [2.45, 2.75) is 25.6 Å². The van der Waals surface area contributed by atoms with Crippen molar-refractivity contribution in [3.05, 3.63) is 79.8 Å².